The highest BCUT2D eigenvalue weighted by Crippen LogP contribution is 2.65. The van der Waals surface area contributed by atoms with Crippen molar-refractivity contribution in [3.8, 4) is 11.5 Å². The van der Waals surface area contributed by atoms with Gasteiger partial charge in [-0.1, -0.05) is 96.0 Å². The Balaban J connectivity index is 1.13. The van der Waals surface area contributed by atoms with Crippen molar-refractivity contribution >= 4 is 40.9 Å². The van der Waals surface area contributed by atoms with Gasteiger partial charge in [0, 0.05) is 36.6 Å². The van der Waals surface area contributed by atoms with Crippen LogP contribution in [-0.2, 0) is 31.1 Å². The summed E-state index contributed by atoms with van der Waals surface area (Å²) in [5.74, 6) is -4.08. The van der Waals surface area contributed by atoms with E-state index in [1.54, 1.807) is 47.4 Å². The van der Waals surface area contributed by atoms with Crippen molar-refractivity contribution in [2.24, 2.45) is 23.7 Å². The van der Waals surface area contributed by atoms with Crippen molar-refractivity contribution in [3.63, 3.8) is 0 Å². The predicted octanol–water partition coefficient (Wildman–Crippen LogP) is 7.27. The molecule has 9 nitrogen and oxygen atoms in total. The van der Waals surface area contributed by atoms with E-state index in [0.29, 0.717) is 47.7 Å². The van der Waals surface area contributed by atoms with E-state index in [1.807, 2.05) is 55.5 Å². The molecule has 0 bridgehead atoms. The van der Waals surface area contributed by atoms with Crippen LogP contribution in [0.15, 0.2) is 115 Å². The maximum absolute atomic E-state index is 15.5. The topological polar surface area (TPSA) is 107 Å². The fourth-order valence-corrected chi connectivity index (χ4v) is 10.8. The Bertz CT molecular complexity index is 2240. The number of fused-ring (bicyclic) bond motifs is 4. The molecule has 2 aliphatic carbocycles. The fraction of sp³-hybridized carbons (Fsp3) is 0.348. The third-order valence-electron chi connectivity index (χ3n) is 13.0. The zero-order chi connectivity index (χ0) is 38.7. The Kier molecular flexibility index (Phi) is 9.33. The van der Waals surface area contributed by atoms with Gasteiger partial charge < -0.3 is 9.84 Å². The fourth-order valence-electron chi connectivity index (χ4n) is 10.7. The van der Waals surface area contributed by atoms with Crippen molar-refractivity contribution in [3.05, 3.63) is 136 Å². The molecule has 56 heavy (non-hydrogen) atoms. The molecule has 4 fully saturated rings. The first kappa shape index (κ1) is 36.4. The van der Waals surface area contributed by atoms with Crippen molar-refractivity contribution < 1.29 is 29.0 Å². The smallest absolute Gasteiger partial charge is 0.246 e. The van der Waals surface area contributed by atoms with Gasteiger partial charge in [0.05, 0.1) is 35.5 Å². The first-order valence-electron chi connectivity index (χ1n) is 19.7. The van der Waals surface area contributed by atoms with Crippen LogP contribution in [-0.4, -0.2) is 64.3 Å². The van der Waals surface area contributed by atoms with Crippen LogP contribution in [0.4, 0.5) is 5.69 Å². The molecular formula is C46H44ClN3O6. The lowest BCUT2D eigenvalue weighted by molar-refractivity contribution is -0.144. The lowest BCUT2D eigenvalue weighted by Crippen LogP contribution is -2.53. The second-order valence-corrected chi connectivity index (χ2v) is 16.2. The van der Waals surface area contributed by atoms with E-state index in [0.717, 1.165) is 25.2 Å². The first-order chi connectivity index (χ1) is 27.2. The second kappa shape index (κ2) is 14.4. The number of amides is 4. The van der Waals surface area contributed by atoms with E-state index in [-0.39, 0.29) is 47.6 Å². The molecule has 6 atom stereocenters. The molecule has 10 heteroatoms. The third-order valence-corrected chi connectivity index (χ3v) is 13.2. The summed E-state index contributed by atoms with van der Waals surface area (Å²) in [6.45, 7) is 4.52. The summed E-state index contributed by atoms with van der Waals surface area (Å²) < 4.78 is 5.87. The average Bonchev–Trinajstić information content (AvgIpc) is 3.60. The van der Waals surface area contributed by atoms with E-state index < -0.39 is 35.0 Å². The summed E-state index contributed by atoms with van der Waals surface area (Å²) in [6, 6.07) is 31.4. The number of phenols is 1. The van der Waals surface area contributed by atoms with Crippen LogP contribution in [0, 0.1) is 23.7 Å². The molecule has 3 saturated heterocycles. The molecule has 0 radical (unpaired) electrons. The minimum atomic E-state index is -1.41. The van der Waals surface area contributed by atoms with E-state index in [1.165, 1.54) is 10.5 Å². The number of anilines is 1. The SMILES string of the molecule is CCOc1cc([C@H]2C3=CC[C@@H]4C(=O)N(C5CCN(Cc6ccccc6)CC5)C(=O)[C@@H]4[C@@H]3C[C@H]3C(=O)N(c4cccc(Cl)c4)C(=O)[C@@]23c2ccccc2)ccc1O. The van der Waals surface area contributed by atoms with Gasteiger partial charge in [-0.25, -0.2) is 4.90 Å². The molecule has 9 rings (SSSR count). The number of hydrogen-bond donors (Lipinski definition) is 1. The number of benzene rings is 4. The number of hydrogen-bond acceptors (Lipinski definition) is 7. The number of imide groups is 2. The summed E-state index contributed by atoms with van der Waals surface area (Å²) in [6.07, 6.45) is 4.05. The predicted molar refractivity (Wildman–Crippen MR) is 212 cm³/mol. The van der Waals surface area contributed by atoms with Crippen molar-refractivity contribution in [2.45, 2.75) is 56.5 Å². The number of allylic oxidation sites excluding steroid dienone is 2. The van der Waals surface area contributed by atoms with Gasteiger partial charge in [0.25, 0.3) is 0 Å². The van der Waals surface area contributed by atoms with Gasteiger partial charge in [0.2, 0.25) is 23.6 Å². The van der Waals surface area contributed by atoms with Gasteiger partial charge in [-0.15, -0.1) is 0 Å². The van der Waals surface area contributed by atoms with Gasteiger partial charge in [-0.2, -0.15) is 0 Å². The average molecular weight is 770 g/mol. The summed E-state index contributed by atoms with van der Waals surface area (Å²) in [4.78, 5) is 65.0. The molecular weight excluding hydrogens is 726 g/mol. The van der Waals surface area contributed by atoms with Crippen LogP contribution in [0.25, 0.3) is 0 Å². The maximum Gasteiger partial charge on any atom is 0.246 e. The number of halogens is 1. The molecule has 4 aromatic rings. The number of likely N-dealkylation sites (tertiary alicyclic amines) is 2. The summed E-state index contributed by atoms with van der Waals surface area (Å²) in [5.41, 5.74) is 2.44. The second-order valence-electron chi connectivity index (χ2n) is 15.8. The van der Waals surface area contributed by atoms with Crippen LogP contribution in [0.5, 0.6) is 11.5 Å². The van der Waals surface area contributed by atoms with Crippen LogP contribution < -0.4 is 9.64 Å². The van der Waals surface area contributed by atoms with E-state index in [9.17, 15) is 14.7 Å². The Labute approximate surface area is 331 Å². The first-order valence-corrected chi connectivity index (χ1v) is 20.1. The number of nitrogens with zero attached hydrogens (tertiary/aromatic N) is 3. The van der Waals surface area contributed by atoms with Crippen molar-refractivity contribution in [1.29, 1.82) is 0 Å². The van der Waals surface area contributed by atoms with E-state index in [4.69, 9.17) is 16.3 Å². The normalized spacial score (nSPS) is 27.9. The number of ether oxygens (including phenoxy) is 1. The zero-order valence-corrected chi connectivity index (χ0v) is 32.0. The number of phenolic OH excluding ortho intramolecular Hbond substituents is 1. The molecule has 1 N–H and O–H groups in total. The lowest BCUT2D eigenvalue weighted by atomic mass is 9.49. The van der Waals surface area contributed by atoms with Gasteiger partial charge in [0.1, 0.15) is 0 Å². The van der Waals surface area contributed by atoms with Gasteiger partial charge in [0.15, 0.2) is 11.5 Å². The molecule has 0 unspecified atom stereocenters. The number of rotatable bonds is 8. The molecule has 4 amide bonds. The van der Waals surface area contributed by atoms with Crippen molar-refractivity contribution in [2.75, 3.05) is 24.6 Å². The van der Waals surface area contributed by atoms with Crippen molar-refractivity contribution in [1.82, 2.24) is 9.80 Å². The minimum Gasteiger partial charge on any atom is -0.504 e. The zero-order valence-electron chi connectivity index (χ0n) is 31.2. The van der Waals surface area contributed by atoms with Gasteiger partial charge in [-0.05, 0) is 85.5 Å². The molecule has 5 aliphatic rings. The van der Waals surface area contributed by atoms with Gasteiger partial charge >= 0.3 is 0 Å². The van der Waals surface area contributed by atoms with Crippen LogP contribution >= 0.6 is 11.6 Å². The lowest BCUT2D eigenvalue weighted by Gasteiger charge is -2.50. The third kappa shape index (κ3) is 5.69. The highest BCUT2D eigenvalue weighted by Gasteiger charge is 2.70. The van der Waals surface area contributed by atoms with E-state index >= 15 is 9.59 Å². The molecule has 3 heterocycles. The largest absolute Gasteiger partial charge is 0.504 e. The highest BCUT2D eigenvalue weighted by molar-refractivity contribution is 6.32. The molecule has 286 valence electrons. The Morgan fingerprint density at radius 3 is 2.27 bits per heavy atom. The van der Waals surface area contributed by atoms with Gasteiger partial charge in [-0.3, -0.25) is 29.0 Å². The quantitative estimate of drug-likeness (QED) is 0.148. The maximum atomic E-state index is 15.5. The molecule has 1 saturated carbocycles. The Hall–Kier alpha value is -5.25. The van der Waals surface area contributed by atoms with Crippen LogP contribution in [0.3, 0.4) is 0 Å². The summed E-state index contributed by atoms with van der Waals surface area (Å²) in [7, 11) is 0. The summed E-state index contributed by atoms with van der Waals surface area (Å²) >= 11 is 6.45. The highest BCUT2D eigenvalue weighted by atomic mass is 35.5. The number of piperidine rings is 1. The van der Waals surface area contributed by atoms with Crippen LogP contribution in [0.2, 0.25) is 5.02 Å². The minimum absolute atomic E-state index is 0.0395. The molecule has 0 aromatic heterocycles. The van der Waals surface area contributed by atoms with Crippen LogP contribution in [0.1, 0.15) is 55.2 Å². The monoisotopic (exact) mass is 769 g/mol. The Morgan fingerprint density at radius 1 is 0.821 bits per heavy atom. The Morgan fingerprint density at radius 2 is 1.55 bits per heavy atom. The molecule has 0 spiro atoms. The molecule has 3 aliphatic heterocycles. The number of aromatic hydroxyl groups is 1. The molecule has 4 aromatic carbocycles. The number of carbonyl (C=O) groups excluding carboxylic acids is 4. The summed E-state index contributed by atoms with van der Waals surface area (Å²) in [5, 5.41) is 11.2. The number of carbonyl (C=O) groups is 4. The van der Waals surface area contributed by atoms with E-state index in [2.05, 4.69) is 23.1 Å². The standard InChI is InChI=1S/C46H44ClN3O6/c1-2-56-39-24-29(16-19-38(39)51)41-34-17-18-35-40(44(54)49(42(35)52)32-20-22-48(23-21-32)27-28-10-5-3-6-11-28)36(34)26-37-43(53)50(33-15-9-14-31(47)25-33)45(55)46(37,41)30-12-7-4-8-13-30/h3-17,19,24-25,32,35-37,40-41,51H,2,18,20-23,26-27H2,1H3/t35-,36+,37-,40-,41-,46+/m0/s1.